The number of terminal acetylenes is 1. The average Bonchev–Trinajstić information content (AvgIpc) is 3.33. The number of hydrogen-bond donors (Lipinski definition) is 2. The molecule has 0 unspecified atom stereocenters. The minimum absolute atomic E-state index is 0.0264. The lowest BCUT2D eigenvalue weighted by atomic mass is 9.91. The summed E-state index contributed by atoms with van der Waals surface area (Å²) in [5, 5.41) is 27.8. The first kappa shape index (κ1) is 33.4. The maximum Gasteiger partial charge on any atom is 0.319 e. The smallest absolute Gasteiger partial charge is 0.319 e. The molecule has 278 valence electrons. The van der Waals surface area contributed by atoms with Crippen LogP contribution in [-0.4, -0.2) is 108 Å². The predicted octanol–water partition coefficient (Wildman–Crippen LogP) is 4.96. The molecule has 0 radical (unpaired) electrons. The summed E-state index contributed by atoms with van der Waals surface area (Å²) < 4.78 is 55.6. The zero-order valence-electron chi connectivity index (χ0n) is 29.7. The number of hydrogen-bond acceptors (Lipinski definition) is 9. The highest BCUT2D eigenvalue weighted by molar-refractivity contribution is 6.18. The van der Waals surface area contributed by atoms with E-state index in [1.165, 1.54) is 24.3 Å². The van der Waals surface area contributed by atoms with Gasteiger partial charge in [-0.3, -0.25) is 14.4 Å². The molecule has 0 spiro atoms. The summed E-state index contributed by atoms with van der Waals surface area (Å²) >= 11 is 0. The van der Waals surface area contributed by atoms with E-state index in [0.717, 1.165) is 32.2 Å². The van der Waals surface area contributed by atoms with E-state index in [9.17, 15) is 19.4 Å². The number of alkyl halides is 1. The molecule has 5 aromatic rings. The van der Waals surface area contributed by atoms with Gasteiger partial charge in [0, 0.05) is 67.7 Å². The summed E-state index contributed by atoms with van der Waals surface area (Å²) in [5.41, 5.74) is -1.62. The van der Waals surface area contributed by atoms with E-state index in [2.05, 4.69) is 15.9 Å². The second-order valence-corrected chi connectivity index (χ2v) is 15.9. The SMILES string of the molecule is C#Cc1c(F)ccc2cc(O)cc(-c3c(F)c4nc(OC[C@@]56CCCN5C[C@H](F)C6)nc(N5C[C@H]6CC[C@@H](C5)N6C(=O)C5(O)CC5)c4c4cn(C)nc34)c12. The van der Waals surface area contributed by atoms with Crippen LogP contribution in [0, 0.1) is 24.0 Å². The van der Waals surface area contributed by atoms with Crippen LogP contribution < -0.4 is 9.64 Å². The van der Waals surface area contributed by atoms with Gasteiger partial charge in [-0.1, -0.05) is 12.0 Å². The molecule has 5 fully saturated rings. The third-order valence-corrected chi connectivity index (χ3v) is 12.5. The molecule has 54 heavy (non-hydrogen) atoms. The molecule has 1 aliphatic carbocycles. The summed E-state index contributed by atoms with van der Waals surface area (Å²) in [6.45, 7) is 2.00. The number of ether oxygens (including phenoxy) is 1. The Balaban J connectivity index is 1.18. The Morgan fingerprint density at radius 1 is 1.07 bits per heavy atom. The number of rotatable bonds is 6. The van der Waals surface area contributed by atoms with Gasteiger partial charge in [0.1, 0.15) is 46.8 Å². The van der Waals surface area contributed by atoms with Crippen molar-refractivity contribution in [2.45, 2.75) is 74.3 Å². The molecule has 14 heteroatoms. The van der Waals surface area contributed by atoms with Crippen molar-refractivity contribution >= 4 is 44.3 Å². The second-order valence-electron chi connectivity index (χ2n) is 15.9. The Labute approximate surface area is 308 Å². The summed E-state index contributed by atoms with van der Waals surface area (Å²) in [7, 11) is 1.71. The molecule has 1 amide bonds. The van der Waals surface area contributed by atoms with Crippen LogP contribution in [0.4, 0.5) is 19.0 Å². The number of aliphatic hydroxyl groups is 1. The molecule has 3 aromatic carbocycles. The van der Waals surface area contributed by atoms with Crippen molar-refractivity contribution < 1.29 is 32.9 Å². The maximum atomic E-state index is 17.7. The summed E-state index contributed by atoms with van der Waals surface area (Å²) in [6.07, 6.45) is 11.0. The van der Waals surface area contributed by atoms with Gasteiger partial charge >= 0.3 is 6.01 Å². The molecule has 11 nitrogen and oxygen atoms in total. The van der Waals surface area contributed by atoms with Crippen LogP contribution in [0.25, 0.3) is 43.7 Å². The minimum Gasteiger partial charge on any atom is -0.508 e. The number of fused-ring (bicyclic) bond motifs is 7. The maximum absolute atomic E-state index is 17.7. The normalized spacial score (nSPS) is 25.9. The fourth-order valence-electron chi connectivity index (χ4n) is 9.84. The number of phenols is 1. The number of amides is 1. The number of aryl methyl sites for hydroxylation is 1. The van der Waals surface area contributed by atoms with Crippen LogP contribution in [0.3, 0.4) is 0 Å². The number of halogens is 3. The van der Waals surface area contributed by atoms with Crippen molar-refractivity contribution in [2.75, 3.05) is 37.7 Å². The number of carbonyl (C=O) groups excluding carboxylic acids is 1. The summed E-state index contributed by atoms with van der Waals surface area (Å²) in [4.78, 5) is 29.1. The Morgan fingerprint density at radius 3 is 2.59 bits per heavy atom. The zero-order chi connectivity index (χ0) is 37.3. The first-order chi connectivity index (χ1) is 26.0. The van der Waals surface area contributed by atoms with Gasteiger partial charge < -0.3 is 24.7 Å². The molecule has 4 saturated heterocycles. The van der Waals surface area contributed by atoms with Gasteiger partial charge in [0.15, 0.2) is 5.82 Å². The first-order valence-electron chi connectivity index (χ1n) is 18.6. The van der Waals surface area contributed by atoms with Crippen LogP contribution in [0.5, 0.6) is 11.8 Å². The molecule has 4 aliphatic heterocycles. The van der Waals surface area contributed by atoms with E-state index in [4.69, 9.17) is 21.1 Å². The molecular weight excluding hydrogens is 699 g/mol. The molecule has 6 heterocycles. The lowest BCUT2D eigenvalue weighted by Gasteiger charge is -2.42. The number of nitrogens with zero attached hydrogens (tertiary/aromatic N) is 7. The van der Waals surface area contributed by atoms with E-state index in [-0.39, 0.29) is 69.5 Å². The summed E-state index contributed by atoms with van der Waals surface area (Å²) in [6, 6.07) is 5.02. The third-order valence-electron chi connectivity index (χ3n) is 12.5. The van der Waals surface area contributed by atoms with E-state index >= 15 is 8.78 Å². The van der Waals surface area contributed by atoms with Gasteiger partial charge in [-0.2, -0.15) is 15.1 Å². The summed E-state index contributed by atoms with van der Waals surface area (Å²) in [5.74, 6) is 0.944. The number of benzene rings is 3. The van der Waals surface area contributed by atoms with E-state index in [1.54, 1.807) is 17.9 Å². The molecule has 2 N–H and O–H groups in total. The first-order valence-corrected chi connectivity index (χ1v) is 18.6. The van der Waals surface area contributed by atoms with Gasteiger partial charge in [0.05, 0.1) is 16.5 Å². The molecule has 4 atom stereocenters. The zero-order valence-corrected chi connectivity index (χ0v) is 29.7. The number of piperazine rings is 1. The number of aromatic hydroxyl groups is 1. The molecular formula is C40H38F3N7O4. The van der Waals surface area contributed by atoms with Crippen molar-refractivity contribution in [3.63, 3.8) is 0 Å². The molecule has 10 rings (SSSR count). The molecule has 1 saturated carbocycles. The van der Waals surface area contributed by atoms with Gasteiger partial charge in [-0.15, -0.1) is 6.42 Å². The lowest BCUT2D eigenvalue weighted by molar-refractivity contribution is -0.146. The average molecular weight is 738 g/mol. The monoisotopic (exact) mass is 737 g/mol. The number of carbonyl (C=O) groups is 1. The van der Waals surface area contributed by atoms with Gasteiger partial charge in [-0.25, -0.2) is 13.2 Å². The predicted molar refractivity (Wildman–Crippen MR) is 195 cm³/mol. The quantitative estimate of drug-likeness (QED) is 0.233. The van der Waals surface area contributed by atoms with Crippen molar-refractivity contribution in [3.8, 4) is 35.2 Å². The Kier molecular flexibility index (Phi) is 7.24. The minimum atomic E-state index is -1.29. The molecule has 2 aromatic heterocycles. The van der Waals surface area contributed by atoms with Gasteiger partial charge in [-0.05, 0) is 74.2 Å². The van der Waals surface area contributed by atoms with Crippen LogP contribution in [0.2, 0.25) is 0 Å². The number of anilines is 1. The van der Waals surface area contributed by atoms with Crippen molar-refractivity contribution in [2.24, 2.45) is 7.05 Å². The highest BCUT2D eigenvalue weighted by Crippen LogP contribution is 2.47. The van der Waals surface area contributed by atoms with Crippen LogP contribution in [-0.2, 0) is 11.8 Å². The fourth-order valence-corrected chi connectivity index (χ4v) is 9.84. The van der Waals surface area contributed by atoms with Gasteiger partial charge in [0.2, 0.25) is 0 Å². The second kappa shape index (κ2) is 11.7. The van der Waals surface area contributed by atoms with E-state index in [1.807, 2.05) is 9.80 Å². The van der Waals surface area contributed by atoms with E-state index < -0.39 is 28.9 Å². The highest BCUT2D eigenvalue weighted by Gasteiger charge is 2.55. The largest absolute Gasteiger partial charge is 0.508 e. The topological polar surface area (TPSA) is 120 Å². The van der Waals surface area contributed by atoms with Gasteiger partial charge in [0.25, 0.3) is 5.91 Å². The van der Waals surface area contributed by atoms with Crippen LogP contribution in [0.1, 0.15) is 50.5 Å². The lowest BCUT2D eigenvalue weighted by Crippen LogP contribution is -2.58. The highest BCUT2D eigenvalue weighted by atomic mass is 19.1. The van der Waals surface area contributed by atoms with Crippen LogP contribution in [0.15, 0.2) is 30.5 Å². The van der Waals surface area contributed by atoms with E-state index in [0.29, 0.717) is 60.9 Å². The fraction of sp³-hybridized carbons (Fsp3) is 0.450. The van der Waals surface area contributed by atoms with Crippen molar-refractivity contribution in [1.29, 1.82) is 0 Å². The standard InChI is InChI=1S/C40H38F3N7O4/c1-3-26-29(42)8-5-21-13-25(51)14-27(30(21)26)31-33(43)35-32(28-19-47(2)46-34(28)31)36(45-38(44-35)54-20-39-9-4-12-49(39)16-22(41)15-39)48-17-23-6-7-24(18-48)50(23)37(52)40(53)10-11-40/h1,5,8,13-14,19,22-24,51,53H,4,6-7,9-12,15-18,20H2,2H3/t22-,23-,24+,39+/m1/s1. The van der Waals surface area contributed by atoms with Crippen molar-refractivity contribution in [3.05, 3.63) is 47.7 Å². The van der Waals surface area contributed by atoms with Crippen LogP contribution >= 0.6 is 0 Å². The van der Waals surface area contributed by atoms with Crippen molar-refractivity contribution in [1.82, 2.24) is 29.5 Å². The third kappa shape index (κ3) is 4.90. The molecule has 5 aliphatic rings. The molecule has 2 bridgehead atoms. The Hall–Kier alpha value is -5.13. The Morgan fingerprint density at radius 2 is 1.85 bits per heavy atom. The number of aromatic nitrogens is 4. The number of phenolic OH excluding ortho intramolecular Hbond substituents is 1. The Bertz CT molecular complexity index is 2470.